The van der Waals surface area contributed by atoms with Gasteiger partial charge >= 0.3 is 0 Å². The second kappa shape index (κ2) is 6.79. The van der Waals surface area contributed by atoms with Crippen LogP contribution in [0.2, 0.25) is 0 Å². The molecule has 0 unspecified atom stereocenters. The first kappa shape index (κ1) is 12.4. The number of pyridine rings is 1. The Bertz CT molecular complexity index is 326. The number of hydrogen-bond acceptors (Lipinski definition) is 4. The number of amidine groups is 1. The van der Waals surface area contributed by atoms with Crippen molar-refractivity contribution in [2.24, 2.45) is 10.9 Å². The molecule has 0 aliphatic heterocycles. The molecular formula is C11H18N4O. The third kappa shape index (κ3) is 4.27. The number of oxime groups is 1. The van der Waals surface area contributed by atoms with Crippen LogP contribution >= 0.6 is 0 Å². The molecular weight excluding hydrogens is 204 g/mol. The molecule has 5 heteroatoms. The zero-order valence-corrected chi connectivity index (χ0v) is 9.50. The van der Waals surface area contributed by atoms with Gasteiger partial charge in [-0.05, 0) is 18.2 Å². The number of rotatable bonds is 6. The Hall–Kier alpha value is -1.62. The molecule has 0 aliphatic carbocycles. The van der Waals surface area contributed by atoms with Gasteiger partial charge in [-0.1, -0.05) is 18.1 Å². The summed E-state index contributed by atoms with van der Waals surface area (Å²) in [5.41, 5.74) is 6.60. The molecule has 0 atom stereocenters. The quantitative estimate of drug-likeness (QED) is 0.326. The van der Waals surface area contributed by atoms with E-state index in [1.54, 1.807) is 6.20 Å². The van der Waals surface area contributed by atoms with Gasteiger partial charge < -0.3 is 10.9 Å². The molecule has 3 N–H and O–H groups in total. The van der Waals surface area contributed by atoms with Crippen LogP contribution in [0.4, 0.5) is 0 Å². The molecule has 0 radical (unpaired) electrons. The number of aromatic nitrogens is 1. The molecule has 88 valence electrons. The Morgan fingerprint density at radius 2 is 2.44 bits per heavy atom. The van der Waals surface area contributed by atoms with E-state index in [0.29, 0.717) is 6.42 Å². The fourth-order valence-electron chi connectivity index (χ4n) is 1.42. The maximum atomic E-state index is 8.44. The first-order valence-corrected chi connectivity index (χ1v) is 5.34. The molecule has 0 aromatic carbocycles. The smallest absolute Gasteiger partial charge is 0.140 e. The van der Waals surface area contributed by atoms with E-state index in [4.69, 9.17) is 10.9 Å². The van der Waals surface area contributed by atoms with Crippen LogP contribution in [0, 0.1) is 0 Å². The molecule has 1 aromatic rings. The van der Waals surface area contributed by atoms with Gasteiger partial charge in [-0.3, -0.25) is 9.88 Å². The summed E-state index contributed by atoms with van der Waals surface area (Å²) in [7, 11) is 0. The zero-order chi connectivity index (χ0) is 11.8. The van der Waals surface area contributed by atoms with E-state index in [1.807, 2.05) is 18.3 Å². The Morgan fingerprint density at radius 1 is 1.62 bits per heavy atom. The van der Waals surface area contributed by atoms with Gasteiger partial charge in [0.1, 0.15) is 5.84 Å². The highest BCUT2D eigenvalue weighted by Gasteiger charge is 2.04. The summed E-state index contributed by atoms with van der Waals surface area (Å²) in [5, 5.41) is 11.4. The summed E-state index contributed by atoms with van der Waals surface area (Å²) in [6, 6.07) is 3.96. The average molecular weight is 222 g/mol. The molecule has 1 aromatic heterocycles. The predicted octanol–water partition coefficient (Wildman–Crippen LogP) is 1.04. The van der Waals surface area contributed by atoms with Crippen LogP contribution in [0.5, 0.6) is 0 Å². The standard InChI is InChI=1S/C11H18N4O/c1-2-15(7-5-11(12)14-16)9-10-4-3-6-13-8-10/h3-4,6,8,16H,2,5,7,9H2,1H3,(H2,12,14). The second-order valence-electron chi connectivity index (χ2n) is 3.57. The maximum absolute atomic E-state index is 8.44. The third-order valence-corrected chi connectivity index (χ3v) is 2.39. The fourth-order valence-corrected chi connectivity index (χ4v) is 1.42. The predicted molar refractivity (Wildman–Crippen MR) is 63.2 cm³/mol. The zero-order valence-electron chi connectivity index (χ0n) is 9.50. The maximum Gasteiger partial charge on any atom is 0.140 e. The Balaban J connectivity index is 2.43. The monoisotopic (exact) mass is 222 g/mol. The summed E-state index contributed by atoms with van der Waals surface area (Å²) in [5.74, 6) is 0.268. The molecule has 0 saturated heterocycles. The molecule has 0 spiro atoms. The van der Waals surface area contributed by atoms with Gasteiger partial charge in [0.25, 0.3) is 0 Å². The topological polar surface area (TPSA) is 74.7 Å². The molecule has 0 aliphatic rings. The lowest BCUT2D eigenvalue weighted by molar-refractivity contribution is 0.283. The minimum atomic E-state index is 0.268. The molecule has 16 heavy (non-hydrogen) atoms. The first-order chi connectivity index (χ1) is 7.76. The van der Waals surface area contributed by atoms with Crippen LogP contribution < -0.4 is 5.73 Å². The van der Waals surface area contributed by atoms with Crippen molar-refractivity contribution in [3.8, 4) is 0 Å². The molecule has 0 fully saturated rings. The van der Waals surface area contributed by atoms with Crippen molar-refractivity contribution in [2.75, 3.05) is 13.1 Å². The minimum absolute atomic E-state index is 0.268. The highest BCUT2D eigenvalue weighted by Crippen LogP contribution is 2.03. The first-order valence-electron chi connectivity index (χ1n) is 5.34. The van der Waals surface area contributed by atoms with Crippen LogP contribution in [0.25, 0.3) is 0 Å². The van der Waals surface area contributed by atoms with E-state index in [1.165, 1.54) is 5.56 Å². The normalized spacial score (nSPS) is 12.0. The largest absolute Gasteiger partial charge is 0.409 e. The lowest BCUT2D eigenvalue weighted by atomic mass is 10.2. The SMILES string of the molecule is CCN(CCC(N)=NO)Cc1cccnc1. The molecule has 0 bridgehead atoms. The van der Waals surface area contributed by atoms with Crippen molar-refractivity contribution >= 4 is 5.84 Å². The summed E-state index contributed by atoms with van der Waals surface area (Å²) >= 11 is 0. The summed E-state index contributed by atoms with van der Waals surface area (Å²) in [4.78, 5) is 6.29. The summed E-state index contributed by atoms with van der Waals surface area (Å²) < 4.78 is 0. The lowest BCUT2D eigenvalue weighted by Crippen LogP contribution is -2.27. The highest BCUT2D eigenvalue weighted by molar-refractivity contribution is 5.79. The van der Waals surface area contributed by atoms with Gasteiger partial charge in [-0.15, -0.1) is 0 Å². The van der Waals surface area contributed by atoms with Gasteiger partial charge in [-0.2, -0.15) is 0 Å². The Morgan fingerprint density at radius 3 is 3.00 bits per heavy atom. The van der Waals surface area contributed by atoms with Gasteiger partial charge in [0.05, 0.1) is 0 Å². The Labute approximate surface area is 95.6 Å². The second-order valence-corrected chi connectivity index (χ2v) is 3.57. The highest BCUT2D eigenvalue weighted by atomic mass is 16.4. The van der Waals surface area contributed by atoms with Crippen molar-refractivity contribution in [3.63, 3.8) is 0 Å². The van der Waals surface area contributed by atoms with Crippen LogP contribution in [-0.4, -0.2) is 34.0 Å². The number of hydrogen-bond donors (Lipinski definition) is 2. The molecule has 0 saturated carbocycles. The Kier molecular flexibility index (Phi) is 5.28. The minimum Gasteiger partial charge on any atom is -0.409 e. The van der Waals surface area contributed by atoms with Crippen molar-refractivity contribution in [1.82, 2.24) is 9.88 Å². The van der Waals surface area contributed by atoms with Gasteiger partial charge in [0, 0.05) is 31.9 Å². The van der Waals surface area contributed by atoms with E-state index in [9.17, 15) is 0 Å². The van der Waals surface area contributed by atoms with E-state index in [2.05, 4.69) is 22.0 Å². The van der Waals surface area contributed by atoms with E-state index in [0.717, 1.165) is 19.6 Å². The fraction of sp³-hybridized carbons (Fsp3) is 0.455. The average Bonchev–Trinajstić information content (AvgIpc) is 2.35. The molecule has 1 rings (SSSR count). The van der Waals surface area contributed by atoms with E-state index < -0.39 is 0 Å². The van der Waals surface area contributed by atoms with Crippen LogP contribution in [0.15, 0.2) is 29.7 Å². The lowest BCUT2D eigenvalue weighted by Gasteiger charge is -2.19. The molecule has 5 nitrogen and oxygen atoms in total. The van der Waals surface area contributed by atoms with Crippen LogP contribution in [0.1, 0.15) is 18.9 Å². The van der Waals surface area contributed by atoms with Crippen molar-refractivity contribution in [2.45, 2.75) is 19.9 Å². The van der Waals surface area contributed by atoms with E-state index >= 15 is 0 Å². The van der Waals surface area contributed by atoms with E-state index in [-0.39, 0.29) is 5.84 Å². The number of nitrogens with two attached hydrogens (primary N) is 1. The third-order valence-electron chi connectivity index (χ3n) is 2.39. The van der Waals surface area contributed by atoms with Crippen molar-refractivity contribution < 1.29 is 5.21 Å². The summed E-state index contributed by atoms with van der Waals surface area (Å²) in [6.45, 7) is 4.63. The molecule has 1 heterocycles. The van der Waals surface area contributed by atoms with Gasteiger partial charge in [-0.25, -0.2) is 0 Å². The summed E-state index contributed by atoms with van der Waals surface area (Å²) in [6.07, 6.45) is 4.19. The molecule has 0 amide bonds. The van der Waals surface area contributed by atoms with Gasteiger partial charge in [0.2, 0.25) is 0 Å². The van der Waals surface area contributed by atoms with Gasteiger partial charge in [0.15, 0.2) is 0 Å². The van der Waals surface area contributed by atoms with Crippen molar-refractivity contribution in [3.05, 3.63) is 30.1 Å². The van der Waals surface area contributed by atoms with Crippen LogP contribution in [0.3, 0.4) is 0 Å². The number of nitrogens with zero attached hydrogens (tertiary/aromatic N) is 3. The van der Waals surface area contributed by atoms with Crippen molar-refractivity contribution in [1.29, 1.82) is 0 Å². The van der Waals surface area contributed by atoms with Crippen LogP contribution in [-0.2, 0) is 6.54 Å².